The largest absolute Gasteiger partial charge is 0.496 e. The van der Waals surface area contributed by atoms with Crippen LogP contribution in [0.25, 0.3) is 5.57 Å². The molecule has 3 heteroatoms. The zero-order valence-corrected chi connectivity index (χ0v) is 9.65. The Kier molecular flexibility index (Phi) is 3.82. The summed E-state index contributed by atoms with van der Waals surface area (Å²) in [6.45, 7) is 3.86. The van der Waals surface area contributed by atoms with Crippen molar-refractivity contribution in [2.24, 2.45) is 0 Å². The molecule has 0 heterocycles. The second-order valence-corrected chi connectivity index (χ2v) is 3.62. The Morgan fingerprint density at radius 2 is 2.31 bits per heavy atom. The van der Waals surface area contributed by atoms with Crippen molar-refractivity contribution in [2.75, 3.05) is 13.0 Å². The van der Waals surface area contributed by atoms with Crippen molar-refractivity contribution in [2.45, 2.75) is 0 Å². The molecule has 0 aliphatic heterocycles. The van der Waals surface area contributed by atoms with Gasteiger partial charge in [-0.2, -0.15) is 0 Å². The molecule has 0 radical (unpaired) electrons. The molecule has 13 heavy (non-hydrogen) atoms. The highest BCUT2D eigenvalue weighted by molar-refractivity contribution is 9.10. The number of ether oxygens (including phenoxy) is 1. The number of hydrogen-bond acceptors (Lipinski definition) is 1. The molecule has 0 aliphatic carbocycles. The predicted octanol–water partition coefficient (Wildman–Crippen LogP) is 3.71. The van der Waals surface area contributed by atoms with Gasteiger partial charge in [0.1, 0.15) is 5.75 Å². The van der Waals surface area contributed by atoms with E-state index in [1.54, 1.807) is 7.11 Å². The van der Waals surface area contributed by atoms with Gasteiger partial charge in [-0.15, -0.1) is 11.6 Å². The Morgan fingerprint density at radius 1 is 1.62 bits per heavy atom. The highest BCUT2D eigenvalue weighted by atomic mass is 79.9. The lowest BCUT2D eigenvalue weighted by atomic mass is 10.1. The van der Waals surface area contributed by atoms with Gasteiger partial charge in [-0.05, 0) is 33.1 Å². The van der Waals surface area contributed by atoms with Crippen LogP contribution in [0.4, 0.5) is 0 Å². The van der Waals surface area contributed by atoms with Crippen LogP contribution in [0.15, 0.2) is 29.3 Å². The van der Waals surface area contributed by atoms with Crippen molar-refractivity contribution >= 4 is 33.1 Å². The lowest BCUT2D eigenvalue weighted by Gasteiger charge is -2.08. The molecule has 0 saturated carbocycles. The van der Waals surface area contributed by atoms with Gasteiger partial charge in [-0.1, -0.05) is 18.7 Å². The van der Waals surface area contributed by atoms with Crippen LogP contribution < -0.4 is 4.74 Å². The van der Waals surface area contributed by atoms with Crippen LogP contribution in [-0.4, -0.2) is 13.0 Å². The molecule has 0 aromatic heterocycles. The van der Waals surface area contributed by atoms with Crippen molar-refractivity contribution in [1.29, 1.82) is 0 Å². The van der Waals surface area contributed by atoms with Gasteiger partial charge in [-0.25, -0.2) is 0 Å². The molecule has 0 saturated heterocycles. The van der Waals surface area contributed by atoms with Gasteiger partial charge in [0.05, 0.1) is 11.6 Å². The highest BCUT2D eigenvalue weighted by Crippen LogP contribution is 2.32. The van der Waals surface area contributed by atoms with Gasteiger partial charge in [0.25, 0.3) is 0 Å². The summed E-state index contributed by atoms with van der Waals surface area (Å²) >= 11 is 9.13. The van der Waals surface area contributed by atoms with Gasteiger partial charge in [-0.3, -0.25) is 0 Å². The van der Waals surface area contributed by atoms with E-state index in [4.69, 9.17) is 16.3 Å². The van der Waals surface area contributed by atoms with Crippen LogP contribution in [0.3, 0.4) is 0 Å². The third kappa shape index (κ3) is 2.26. The summed E-state index contributed by atoms with van der Waals surface area (Å²) in [6, 6.07) is 5.75. The summed E-state index contributed by atoms with van der Waals surface area (Å²) < 4.78 is 6.05. The van der Waals surface area contributed by atoms with Crippen LogP contribution in [0.2, 0.25) is 0 Å². The average molecular weight is 262 g/mol. The quantitative estimate of drug-likeness (QED) is 0.754. The second-order valence-electron chi connectivity index (χ2n) is 2.56. The summed E-state index contributed by atoms with van der Waals surface area (Å²) in [7, 11) is 1.63. The fraction of sp³-hybridized carbons (Fsp3) is 0.200. The molecule has 0 aliphatic rings. The lowest BCUT2D eigenvalue weighted by molar-refractivity contribution is 0.412. The summed E-state index contributed by atoms with van der Waals surface area (Å²) in [4.78, 5) is 0. The number of alkyl halides is 1. The number of rotatable bonds is 3. The Morgan fingerprint density at radius 3 is 2.85 bits per heavy atom. The van der Waals surface area contributed by atoms with Crippen molar-refractivity contribution in [1.82, 2.24) is 0 Å². The van der Waals surface area contributed by atoms with Crippen LogP contribution in [0.5, 0.6) is 5.75 Å². The molecular formula is C10H10BrClO. The van der Waals surface area contributed by atoms with Crippen molar-refractivity contribution in [3.05, 3.63) is 34.8 Å². The SMILES string of the molecule is C=C(CCl)c1cccc(OC)c1Br. The molecule has 0 bridgehead atoms. The minimum Gasteiger partial charge on any atom is -0.496 e. The van der Waals surface area contributed by atoms with E-state index in [-0.39, 0.29) is 0 Å². The van der Waals surface area contributed by atoms with E-state index in [2.05, 4.69) is 22.5 Å². The standard InChI is InChI=1S/C10H10BrClO/c1-7(6-12)8-4-3-5-9(13-2)10(8)11/h3-5H,1,6H2,2H3. The fourth-order valence-electron chi connectivity index (χ4n) is 1.01. The average Bonchev–Trinajstić information content (AvgIpc) is 2.17. The first-order valence-electron chi connectivity index (χ1n) is 3.77. The van der Waals surface area contributed by atoms with E-state index in [0.717, 1.165) is 21.4 Å². The van der Waals surface area contributed by atoms with Crippen LogP contribution in [0, 0.1) is 0 Å². The maximum Gasteiger partial charge on any atom is 0.133 e. The predicted molar refractivity (Wildman–Crippen MR) is 60.4 cm³/mol. The second kappa shape index (κ2) is 4.68. The molecule has 1 nitrogen and oxygen atoms in total. The zero-order valence-electron chi connectivity index (χ0n) is 7.31. The molecule has 0 fully saturated rings. The third-order valence-electron chi connectivity index (χ3n) is 1.73. The number of allylic oxidation sites excluding steroid dienone is 1. The fourth-order valence-corrected chi connectivity index (χ4v) is 1.86. The van der Waals surface area contributed by atoms with Crippen LogP contribution >= 0.6 is 27.5 Å². The number of halogens is 2. The molecular weight excluding hydrogens is 251 g/mol. The summed E-state index contributed by atoms with van der Waals surface area (Å²) in [5.41, 5.74) is 1.88. The molecule has 0 N–H and O–H groups in total. The summed E-state index contributed by atoms with van der Waals surface area (Å²) in [6.07, 6.45) is 0. The molecule has 0 spiro atoms. The molecule has 0 unspecified atom stereocenters. The van der Waals surface area contributed by atoms with Crippen molar-refractivity contribution in [3.8, 4) is 5.75 Å². The van der Waals surface area contributed by atoms with Gasteiger partial charge < -0.3 is 4.74 Å². The molecule has 0 amide bonds. The van der Waals surface area contributed by atoms with Crippen molar-refractivity contribution in [3.63, 3.8) is 0 Å². The van der Waals surface area contributed by atoms with Gasteiger partial charge in [0.15, 0.2) is 0 Å². The number of benzene rings is 1. The first-order chi connectivity index (χ1) is 6.20. The van der Waals surface area contributed by atoms with Crippen molar-refractivity contribution < 1.29 is 4.74 Å². The van der Waals surface area contributed by atoms with Gasteiger partial charge in [0.2, 0.25) is 0 Å². The van der Waals surface area contributed by atoms with E-state index < -0.39 is 0 Å². The minimum absolute atomic E-state index is 0.422. The molecule has 1 aromatic rings. The summed E-state index contributed by atoms with van der Waals surface area (Å²) in [5, 5.41) is 0. The maximum atomic E-state index is 5.69. The monoisotopic (exact) mass is 260 g/mol. The van der Waals surface area contributed by atoms with Gasteiger partial charge in [0, 0.05) is 5.88 Å². The first-order valence-corrected chi connectivity index (χ1v) is 5.10. The molecule has 1 rings (SSSR count). The number of methoxy groups -OCH3 is 1. The van der Waals surface area contributed by atoms with E-state index in [1.165, 1.54) is 0 Å². The minimum atomic E-state index is 0.422. The normalized spacial score (nSPS) is 9.77. The Labute approximate surface area is 91.5 Å². The Hall–Kier alpha value is -0.470. The number of hydrogen-bond donors (Lipinski definition) is 0. The third-order valence-corrected chi connectivity index (χ3v) is 2.87. The van der Waals surface area contributed by atoms with Gasteiger partial charge >= 0.3 is 0 Å². The highest BCUT2D eigenvalue weighted by Gasteiger charge is 2.07. The van der Waals surface area contributed by atoms with E-state index in [1.807, 2.05) is 18.2 Å². The van der Waals surface area contributed by atoms with E-state index in [0.29, 0.717) is 5.88 Å². The Balaban J connectivity index is 3.15. The van der Waals surface area contributed by atoms with Crippen LogP contribution in [-0.2, 0) is 0 Å². The lowest BCUT2D eigenvalue weighted by Crippen LogP contribution is -1.90. The smallest absolute Gasteiger partial charge is 0.133 e. The zero-order chi connectivity index (χ0) is 9.84. The van der Waals surface area contributed by atoms with E-state index >= 15 is 0 Å². The molecule has 70 valence electrons. The first kappa shape index (κ1) is 10.6. The van der Waals surface area contributed by atoms with Crippen LogP contribution in [0.1, 0.15) is 5.56 Å². The molecule has 0 atom stereocenters. The Bertz CT molecular complexity index is 323. The topological polar surface area (TPSA) is 9.23 Å². The summed E-state index contributed by atoms with van der Waals surface area (Å²) in [5.74, 6) is 1.22. The maximum absolute atomic E-state index is 5.69. The van der Waals surface area contributed by atoms with E-state index in [9.17, 15) is 0 Å². The molecule has 1 aromatic carbocycles.